The third-order valence-electron chi connectivity index (χ3n) is 1.68. The van der Waals surface area contributed by atoms with Crippen molar-refractivity contribution in [2.45, 2.75) is 39.5 Å². The SMILES string of the molecule is C=C(C)C(=O)OCCCCCC.OCCO. The minimum Gasteiger partial charge on any atom is -0.462 e. The van der Waals surface area contributed by atoms with Gasteiger partial charge in [-0.05, 0) is 13.3 Å². The van der Waals surface area contributed by atoms with Gasteiger partial charge in [-0.2, -0.15) is 0 Å². The second-order valence-corrected chi connectivity index (χ2v) is 3.42. The molecule has 0 saturated carbocycles. The first-order chi connectivity index (χ1) is 7.59. The van der Waals surface area contributed by atoms with Gasteiger partial charge in [-0.1, -0.05) is 32.8 Å². The maximum absolute atomic E-state index is 10.9. The quantitative estimate of drug-likeness (QED) is 0.398. The zero-order chi connectivity index (χ0) is 12.8. The molecular weight excluding hydrogens is 208 g/mol. The van der Waals surface area contributed by atoms with Crippen LogP contribution in [0.5, 0.6) is 0 Å². The summed E-state index contributed by atoms with van der Waals surface area (Å²) in [6.07, 6.45) is 4.52. The van der Waals surface area contributed by atoms with Gasteiger partial charge in [0.1, 0.15) is 0 Å². The first kappa shape index (κ1) is 17.5. The highest BCUT2D eigenvalue weighted by atomic mass is 16.5. The molecule has 4 heteroatoms. The lowest BCUT2D eigenvalue weighted by Crippen LogP contribution is -2.05. The van der Waals surface area contributed by atoms with E-state index >= 15 is 0 Å². The molecule has 0 saturated heterocycles. The molecule has 0 spiro atoms. The Bertz CT molecular complexity index is 176. The van der Waals surface area contributed by atoms with Crippen molar-refractivity contribution in [3.8, 4) is 0 Å². The minimum atomic E-state index is -0.272. The monoisotopic (exact) mass is 232 g/mol. The molecule has 96 valence electrons. The van der Waals surface area contributed by atoms with Crippen molar-refractivity contribution in [1.29, 1.82) is 0 Å². The first-order valence-electron chi connectivity index (χ1n) is 5.64. The molecule has 4 nitrogen and oxygen atoms in total. The Morgan fingerprint density at radius 2 is 1.75 bits per heavy atom. The van der Waals surface area contributed by atoms with Gasteiger partial charge in [-0.3, -0.25) is 0 Å². The summed E-state index contributed by atoms with van der Waals surface area (Å²) in [5.41, 5.74) is 0.477. The molecule has 0 aliphatic rings. The number of unbranched alkanes of at least 4 members (excludes halogenated alkanes) is 3. The molecule has 0 aliphatic carbocycles. The van der Waals surface area contributed by atoms with Crippen LogP contribution in [0.4, 0.5) is 0 Å². The van der Waals surface area contributed by atoms with Crippen LogP contribution in [0.3, 0.4) is 0 Å². The predicted octanol–water partition coefficient (Wildman–Crippen LogP) is 1.66. The largest absolute Gasteiger partial charge is 0.462 e. The average Bonchev–Trinajstić information content (AvgIpc) is 2.28. The van der Waals surface area contributed by atoms with Gasteiger partial charge < -0.3 is 14.9 Å². The number of aliphatic hydroxyl groups is 2. The fourth-order valence-electron chi connectivity index (χ4n) is 0.817. The van der Waals surface area contributed by atoms with Gasteiger partial charge in [0.15, 0.2) is 0 Å². The zero-order valence-electron chi connectivity index (χ0n) is 10.4. The van der Waals surface area contributed by atoms with E-state index in [1.807, 2.05) is 0 Å². The van der Waals surface area contributed by atoms with E-state index in [1.165, 1.54) is 12.8 Å². The zero-order valence-corrected chi connectivity index (χ0v) is 10.4. The fraction of sp³-hybridized carbons (Fsp3) is 0.750. The van der Waals surface area contributed by atoms with Crippen LogP contribution >= 0.6 is 0 Å². The highest BCUT2D eigenvalue weighted by Crippen LogP contribution is 2.00. The molecule has 0 aromatic carbocycles. The van der Waals surface area contributed by atoms with Gasteiger partial charge >= 0.3 is 5.97 Å². The third kappa shape index (κ3) is 15.6. The van der Waals surface area contributed by atoms with E-state index in [9.17, 15) is 4.79 Å². The molecule has 0 bridgehead atoms. The maximum Gasteiger partial charge on any atom is 0.333 e. The van der Waals surface area contributed by atoms with Gasteiger partial charge in [-0.15, -0.1) is 0 Å². The van der Waals surface area contributed by atoms with Gasteiger partial charge in [0.2, 0.25) is 0 Å². The second-order valence-electron chi connectivity index (χ2n) is 3.42. The molecule has 0 aromatic heterocycles. The fourth-order valence-corrected chi connectivity index (χ4v) is 0.817. The molecule has 0 heterocycles. The third-order valence-corrected chi connectivity index (χ3v) is 1.68. The molecule has 0 radical (unpaired) electrons. The lowest BCUT2D eigenvalue weighted by molar-refractivity contribution is -0.139. The molecule has 2 N–H and O–H groups in total. The van der Waals surface area contributed by atoms with Crippen molar-refractivity contribution in [3.05, 3.63) is 12.2 Å². The molecule has 0 unspecified atom stereocenters. The molecular formula is C12H24O4. The standard InChI is InChI=1S/C10H18O2.C2H6O2/c1-4-5-6-7-8-12-10(11)9(2)3;3-1-2-4/h2,4-8H2,1,3H3;3-4H,1-2H2. The number of carbonyl (C=O) groups is 1. The van der Waals surface area contributed by atoms with Crippen molar-refractivity contribution in [2.24, 2.45) is 0 Å². The van der Waals surface area contributed by atoms with E-state index in [2.05, 4.69) is 13.5 Å². The highest BCUT2D eigenvalue weighted by molar-refractivity contribution is 5.86. The normalized spacial score (nSPS) is 9.00. The van der Waals surface area contributed by atoms with Gasteiger partial charge in [0.05, 0.1) is 19.8 Å². The van der Waals surface area contributed by atoms with Crippen molar-refractivity contribution >= 4 is 5.97 Å². The Morgan fingerprint density at radius 1 is 1.19 bits per heavy atom. The number of esters is 1. The van der Waals surface area contributed by atoms with Crippen LogP contribution in [0.15, 0.2) is 12.2 Å². The second kappa shape index (κ2) is 14.1. The number of hydrogen-bond donors (Lipinski definition) is 2. The molecule has 0 aliphatic heterocycles. The Hall–Kier alpha value is -0.870. The number of aliphatic hydroxyl groups excluding tert-OH is 2. The topological polar surface area (TPSA) is 66.8 Å². The Morgan fingerprint density at radius 3 is 2.12 bits per heavy atom. The number of ether oxygens (including phenoxy) is 1. The van der Waals surface area contributed by atoms with Crippen LogP contribution < -0.4 is 0 Å². The number of hydrogen-bond acceptors (Lipinski definition) is 4. The van der Waals surface area contributed by atoms with E-state index in [0.717, 1.165) is 12.8 Å². The van der Waals surface area contributed by atoms with Crippen LogP contribution in [0.1, 0.15) is 39.5 Å². The van der Waals surface area contributed by atoms with Crippen molar-refractivity contribution in [3.63, 3.8) is 0 Å². The Kier molecular flexibility index (Phi) is 15.5. The summed E-state index contributed by atoms with van der Waals surface area (Å²) in [5, 5.41) is 15.2. The van der Waals surface area contributed by atoms with E-state index in [4.69, 9.17) is 14.9 Å². The van der Waals surface area contributed by atoms with Crippen molar-refractivity contribution < 1.29 is 19.7 Å². The summed E-state index contributed by atoms with van der Waals surface area (Å²) < 4.78 is 4.91. The molecule has 0 aromatic rings. The van der Waals surface area contributed by atoms with Crippen LogP contribution in [0, 0.1) is 0 Å². The summed E-state index contributed by atoms with van der Waals surface area (Å²) >= 11 is 0. The molecule has 0 rings (SSSR count). The lowest BCUT2D eigenvalue weighted by Gasteiger charge is -2.02. The van der Waals surface area contributed by atoms with E-state index in [1.54, 1.807) is 6.92 Å². The smallest absolute Gasteiger partial charge is 0.333 e. The summed E-state index contributed by atoms with van der Waals surface area (Å²) in [7, 11) is 0. The number of carbonyl (C=O) groups excluding carboxylic acids is 1. The van der Waals surface area contributed by atoms with Crippen molar-refractivity contribution in [2.75, 3.05) is 19.8 Å². The van der Waals surface area contributed by atoms with E-state index < -0.39 is 0 Å². The predicted molar refractivity (Wildman–Crippen MR) is 64.1 cm³/mol. The van der Waals surface area contributed by atoms with E-state index in [-0.39, 0.29) is 19.2 Å². The van der Waals surface area contributed by atoms with Gasteiger partial charge in [0, 0.05) is 5.57 Å². The summed E-state index contributed by atoms with van der Waals surface area (Å²) in [6, 6.07) is 0. The van der Waals surface area contributed by atoms with Gasteiger partial charge in [0.25, 0.3) is 0 Å². The highest BCUT2D eigenvalue weighted by Gasteiger charge is 2.00. The van der Waals surface area contributed by atoms with Crippen molar-refractivity contribution in [1.82, 2.24) is 0 Å². The molecule has 0 fully saturated rings. The summed E-state index contributed by atoms with van der Waals surface area (Å²) in [6.45, 7) is 7.59. The molecule has 0 atom stereocenters. The lowest BCUT2D eigenvalue weighted by atomic mass is 10.2. The van der Waals surface area contributed by atoms with E-state index in [0.29, 0.717) is 12.2 Å². The van der Waals surface area contributed by atoms with Crippen LogP contribution in [-0.4, -0.2) is 36.0 Å². The van der Waals surface area contributed by atoms with Crippen LogP contribution in [0.2, 0.25) is 0 Å². The average molecular weight is 232 g/mol. The number of rotatable bonds is 7. The Labute approximate surface area is 97.9 Å². The molecule has 0 amide bonds. The summed E-state index contributed by atoms with van der Waals surface area (Å²) in [4.78, 5) is 10.9. The van der Waals surface area contributed by atoms with Crippen LogP contribution in [-0.2, 0) is 9.53 Å². The van der Waals surface area contributed by atoms with Crippen LogP contribution in [0.25, 0.3) is 0 Å². The summed E-state index contributed by atoms with van der Waals surface area (Å²) in [5.74, 6) is -0.272. The maximum atomic E-state index is 10.9. The minimum absolute atomic E-state index is 0.125. The molecule has 16 heavy (non-hydrogen) atoms. The Balaban J connectivity index is 0. The first-order valence-corrected chi connectivity index (χ1v) is 5.64. The van der Waals surface area contributed by atoms with Gasteiger partial charge in [-0.25, -0.2) is 4.79 Å².